The third kappa shape index (κ3) is 2.64. The topological polar surface area (TPSA) is 78.8 Å². The fourth-order valence-corrected chi connectivity index (χ4v) is 1.66. The summed E-state index contributed by atoms with van der Waals surface area (Å²) >= 11 is 0. The van der Waals surface area contributed by atoms with Gasteiger partial charge in [-0.05, 0) is 24.3 Å². The lowest BCUT2D eigenvalue weighted by atomic mass is 10.1. The minimum Gasteiger partial charge on any atom is -0.504 e. The van der Waals surface area contributed by atoms with Crippen LogP contribution < -0.4 is 10.1 Å². The summed E-state index contributed by atoms with van der Waals surface area (Å²) in [7, 11) is 1.33. The summed E-state index contributed by atoms with van der Waals surface area (Å²) in [6.45, 7) is 0. The Labute approximate surface area is 114 Å². The first-order valence-corrected chi connectivity index (χ1v) is 5.68. The van der Waals surface area contributed by atoms with E-state index >= 15 is 0 Å². The first-order chi connectivity index (χ1) is 9.52. The first-order valence-electron chi connectivity index (χ1n) is 5.68. The SMILES string of the molecule is COc1ccc(NC(=O)c2cccc(O)c2O)cc1F. The van der Waals surface area contributed by atoms with Crippen molar-refractivity contribution in [2.45, 2.75) is 0 Å². The van der Waals surface area contributed by atoms with Crippen molar-refractivity contribution < 1.29 is 24.1 Å². The smallest absolute Gasteiger partial charge is 0.259 e. The molecular weight excluding hydrogens is 265 g/mol. The predicted molar refractivity (Wildman–Crippen MR) is 70.7 cm³/mol. The maximum atomic E-state index is 13.5. The highest BCUT2D eigenvalue weighted by Crippen LogP contribution is 2.29. The molecule has 0 radical (unpaired) electrons. The molecule has 0 saturated heterocycles. The first kappa shape index (κ1) is 13.7. The molecule has 0 heterocycles. The minimum absolute atomic E-state index is 0.0585. The average Bonchev–Trinajstić information content (AvgIpc) is 2.42. The summed E-state index contributed by atoms with van der Waals surface area (Å²) in [4.78, 5) is 11.9. The van der Waals surface area contributed by atoms with Gasteiger partial charge in [-0.3, -0.25) is 4.79 Å². The number of hydrogen-bond donors (Lipinski definition) is 3. The van der Waals surface area contributed by atoms with Gasteiger partial charge < -0.3 is 20.3 Å². The number of anilines is 1. The van der Waals surface area contributed by atoms with Crippen LogP contribution in [-0.2, 0) is 0 Å². The number of ether oxygens (including phenoxy) is 1. The van der Waals surface area contributed by atoms with Crippen molar-refractivity contribution in [2.75, 3.05) is 12.4 Å². The lowest BCUT2D eigenvalue weighted by molar-refractivity contribution is 0.102. The molecule has 0 unspecified atom stereocenters. The molecule has 0 saturated carbocycles. The van der Waals surface area contributed by atoms with Gasteiger partial charge in [-0.15, -0.1) is 0 Å². The van der Waals surface area contributed by atoms with E-state index in [2.05, 4.69) is 5.32 Å². The van der Waals surface area contributed by atoms with E-state index in [4.69, 9.17) is 4.74 Å². The highest BCUT2D eigenvalue weighted by molar-refractivity contribution is 6.06. The van der Waals surface area contributed by atoms with Crippen molar-refractivity contribution >= 4 is 11.6 Å². The number of carbonyl (C=O) groups is 1. The van der Waals surface area contributed by atoms with Gasteiger partial charge >= 0.3 is 0 Å². The molecule has 6 heteroatoms. The Balaban J connectivity index is 2.24. The summed E-state index contributed by atoms with van der Waals surface area (Å²) in [5, 5.41) is 21.3. The van der Waals surface area contributed by atoms with Crippen LogP contribution in [0, 0.1) is 5.82 Å². The molecule has 1 amide bonds. The molecule has 5 nitrogen and oxygen atoms in total. The molecule has 3 N–H and O–H groups in total. The molecule has 0 aliphatic rings. The Morgan fingerprint density at radius 2 is 2.00 bits per heavy atom. The monoisotopic (exact) mass is 277 g/mol. The van der Waals surface area contributed by atoms with E-state index in [9.17, 15) is 19.4 Å². The zero-order chi connectivity index (χ0) is 14.7. The third-order valence-electron chi connectivity index (χ3n) is 2.67. The number of carbonyl (C=O) groups excluding carboxylic acids is 1. The van der Waals surface area contributed by atoms with E-state index in [0.29, 0.717) is 0 Å². The second-order valence-corrected chi connectivity index (χ2v) is 3.98. The summed E-state index contributed by atoms with van der Waals surface area (Å²) in [5.74, 6) is -2.16. The van der Waals surface area contributed by atoms with E-state index in [0.717, 1.165) is 6.07 Å². The van der Waals surface area contributed by atoms with Gasteiger partial charge in [-0.25, -0.2) is 4.39 Å². The van der Waals surface area contributed by atoms with Gasteiger partial charge in [0.2, 0.25) is 0 Å². The molecule has 0 aliphatic heterocycles. The van der Waals surface area contributed by atoms with Crippen LogP contribution in [0.15, 0.2) is 36.4 Å². The van der Waals surface area contributed by atoms with Crippen molar-refractivity contribution in [3.8, 4) is 17.2 Å². The average molecular weight is 277 g/mol. The van der Waals surface area contributed by atoms with Gasteiger partial charge in [0.15, 0.2) is 23.1 Å². The number of rotatable bonds is 3. The fraction of sp³-hybridized carbons (Fsp3) is 0.0714. The number of phenolic OH excluding ortho intramolecular Hbond substituents is 2. The summed E-state index contributed by atoms with van der Waals surface area (Å²) in [6, 6.07) is 7.92. The van der Waals surface area contributed by atoms with Crippen LogP contribution in [0.3, 0.4) is 0 Å². The molecule has 2 rings (SSSR count). The number of nitrogens with one attached hydrogen (secondary N) is 1. The Bertz CT molecular complexity index is 658. The predicted octanol–water partition coefficient (Wildman–Crippen LogP) is 2.50. The molecule has 0 spiro atoms. The standard InChI is InChI=1S/C14H12FNO4/c1-20-12-6-5-8(7-10(12)15)16-14(19)9-3-2-4-11(17)13(9)18/h2-7,17-18H,1H3,(H,16,19). The lowest BCUT2D eigenvalue weighted by Crippen LogP contribution is -2.12. The van der Waals surface area contributed by atoms with Crippen molar-refractivity contribution in [2.24, 2.45) is 0 Å². The van der Waals surface area contributed by atoms with E-state index in [-0.39, 0.29) is 17.0 Å². The minimum atomic E-state index is -0.664. The van der Waals surface area contributed by atoms with Gasteiger partial charge in [-0.2, -0.15) is 0 Å². The molecule has 20 heavy (non-hydrogen) atoms. The van der Waals surface area contributed by atoms with Crippen molar-refractivity contribution in [1.82, 2.24) is 0 Å². The number of methoxy groups -OCH3 is 1. The maximum Gasteiger partial charge on any atom is 0.259 e. The number of hydrogen-bond acceptors (Lipinski definition) is 4. The van der Waals surface area contributed by atoms with Crippen LogP contribution in [0.5, 0.6) is 17.2 Å². The van der Waals surface area contributed by atoms with Gasteiger partial charge in [-0.1, -0.05) is 6.07 Å². The lowest BCUT2D eigenvalue weighted by Gasteiger charge is -2.09. The number of amides is 1. The highest BCUT2D eigenvalue weighted by atomic mass is 19.1. The van der Waals surface area contributed by atoms with Crippen molar-refractivity contribution in [3.05, 3.63) is 47.8 Å². The Morgan fingerprint density at radius 3 is 2.65 bits per heavy atom. The number of benzene rings is 2. The zero-order valence-electron chi connectivity index (χ0n) is 10.6. The molecule has 0 aromatic heterocycles. The Kier molecular flexibility index (Phi) is 3.74. The van der Waals surface area contributed by atoms with Gasteiger partial charge in [0.1, 0.15) is 0 Å². The van der Waals surface area contributed by atoms with Crippen LogP contribution in [0.25, 0.3) is 0 Å². The maximum absolute atomic E-state index is 13.5. The zero-order valence-corrected chi connectivity index (χ0v) is 10.6. The van der Waals surface area contributed by atoms with Crippen LogP contribution in [-0.4, -0.2) is 23.2 Å². The van der Waals surface area contributed by atoms with Gasteiger partial charge in [0.05, 0.1) is 12.7 Å². The largest absolute Gasteiger partial charge is 0.504 e. The molecule has 0 aliphatic carbocycles. The summed E-state index contributed by atoms with van der Waals surface area (Å²) in [6.07, 6.45) is 0. The fourth-order valence-electron chi connectivity index (χ4n) is 1.66. The third-order valence-corrected chi connectivity index (χ3v) is 2.67. The van der Waals surface area contributed by atoms with Crippen molar-refractivity contribution in [3.63, 3.8) is 0 Å². The molecule has 2 aromatic carbocycles. The van der Waals surface area contributed by atoms with Crippen LogP contribution in [0.4, 0.5) is 10.1 Å². The van der Waals surface area contributed by atoms with Gasteiger partial charge in [0, 0.05) is 11.8 Å². The Morgan fingerprint density at radius 1 is 1.25 bits per heavy atom. The second kappa shape index (κ2) is 5.48. The number of halogens is 1. The van der Waals surface area contributed by atoms with Gasteiger partial charge in [0.25, 0.3) is 5.91 Å². The van der Waals surface area contributed by atoms with Crippen molar-refractivity contribution in [1.29, 1.82) is 0 Å². The molecule has 2 aromatic rings. The van der Waals surface area contributed by atoms with Crippen LogP contribution in [0.2, 0.25) is 0 Å². The quantitative estimate of drug-likeness (QED) is 0.753. The molecule has 0 fully saturated rings. The van der Waals surface area contributed by atoms with Crippen LogP contribution >= 0.6 is 0 Å². The molecular formula is C14H12FNO4. The normalized spacial score (nSPS) is 10.1. The molecule has 0 atom stereocenters. The summed E-state index contributed by atoms with van der Waals surface area (Å²) < 4.78 is 18.2. The highest BCUT2D eigenvalue weighted by Gasteiger charge is 2.14. The number of para-hydroxylation sites is 1. The number of aromatic hydroxyl groups is 2. The van der Waals surface area contributed by atoms with E-state index < -0.39 is 23.2 Å². The van der Waals surface area contributed by atoms with E-state index in [1.165, 1.54) is 37.4 Å². The molecule has 104 valence electrons. The molecule has 0 bridgehead atoms. The second-order valence-electron chi connectivity index (χ2n) is 3.98. The number of phenols is 2. The van der Waals surface area contributed by atoms with Crippen LogP contribution in [0.1, 0.15) is 10.4 Å². The Hall–Kier alpha value is -2.76. The van der Waals surface area contributed by atoms with E-state index in [1.54, 1.807) is 0 Å². The summed E-state index contributed by atoms with van der Waals surface area (Å²) in [5.41, 5.74) is 0.0947. The van der Waals surface area contributed by atoms with E-state index in [1.807, 2.05) is 0 Å².